The van der Waals surface area contributed by atoms with Crippen LogP contribution in [0.15, 0.2) is 0 Å². The van der Waals surface area contributed by atoms with Gasteiger partial charge >= 0.3 is 167 Å². The quantitative estimate of drug-likeness (QED) is 0.294. The van der Waals surface area contributed by atoms with Crippen LogP contribution in [0.2, 0.25) is 0 Å². The molecule has 0 aromatic heterocycles. The Hall–Kier alpha value is 1.64. The van der Waals surface area contributed by atoms with Crippen LogP contribution >= 0.6 is 61.6 Å². The van der Waals surface area contributed by atoms with Crippen molar-refractivity contribution >= 4 is 92.9 Å². The molecule has 0 aromatic carbocycles. The van der Waals surface area contributed by atoms with Crippen LogP contribution in [0.3, 0.4) is 0 Å². The van der Waals surface area contributed by atoms with E-state index in [0.717, 1.165) is 0 Å². The van der Waals surface area contributed by atoms with Gasteiger partial charge in [-0.15, -0.1) is 0 Å². The van der Waals surface area contributed by atoms with Crippen molar-refractivity contribution in [3.63, 3.8) is 0 Å². The van der Waals surface area contributed by atoms with E-state index in [1.165, 1.54) is 0 Å². The molecule has 0 radical (unpaired) electrons. The summed E-state index contributed by atoms with van der Waals surface area (Å²) in [5.41, 5.74) is 0. The summed E-state index contributed by atoms with van der Waals surface area (Å²) in [7, 11) is 4.82. The van der Waals surface area contributed by atoms with Crippen molar-refractivity contribution in [2.24, 2.45) is 0 Å². The molecule has 0 aliphatic rings. The van der Waals surface area contributed by atoms with E-state index < -0.39 is 18.2 Å². The first kappa shape index (κ1) is 23.6. The first-order valence-electron chi connectivity index (χ1n) is 6.72. The first-order chi connectivity index (χ1) is 10.1. The Morgan fingerprint density at radius 2 is 0.864 bits per heavy atom. The van der Waals surface area contributed by atoms with Crippen molar-refractivity contribution < 1.29 is 14.2 Å². The van der Waals surface area contributed by atoms with Crippen molar-refractivity contribution in [3.8, 4) is 0 Å². The van der Waals surface area contributed by atoms with Gasteiger partial charge in [0.15, 0.2) is 0 Å². The van der Waals surface area contributed by atoms with Gasteiger partial charge in [0.2, 0.25) is 0 Å². The molecule has 0 aliphatic carbocycles. The van der Waals surface area contributed by atoms with E-state index >= 15 is 0 Å². The summed E-state index contributed by atoms with van der Waals surface area (Å²) in [6, 6.07) is 0. The standard InChI is InChI=1S/3C4H8OS2.Tl/c3*1-3(2)5-4(6)7;/h3*3H,1-2H3,(H,6,7);/q;;;+3/p-3. The zero-order chi connectivity index (χ0) is 17.3. The summed E-state index contributed by atoms with van der Waals surface area (Å²) in [6.07, 6.45) is 0.213. The average Bonchev–Trinajstić information content (AvgIpc) is 2.23. The molecule has 0 unspecified atom stereocenters. The van der Waals surface area contributed by atoms with Crippen molar-refractivity contribution in [1.29, 1.82) is 0 Å². The van der Waals surface area contributed by atoms with Crippen molar-refractivity contribution in [3.05, 3.63) is 0 Å². The average molecular weight is 610 g/mol. The number of thiocarbonyl (C=S) groups is 3. The summed E-state index contributed by atoms with van der Waals surface area (Å²) in [6.45, 7) is 11.7. The molecule has 0 atom stereocenters. The second kappa shape index (κ2) is 12.9. The Labute approximate surface area is 165 Å². The van der Waals surface area contributed by atoms with Gasteiger partial charge in [-0.3, -0.25) is 0 Å². The third kappa shape index (κ3) is 14.0. The van der Waals surface area contributed by atoms with Gasteiger partial charge in [-0.1, -0.05) is 0 Å². The third-order valence-corrected chi connectivity index (χ3v) is 39.6. The molecule has 0 rings (SSSR count). The molecule has 22 heavy (non-hydrogen) atoms. The Morgan fingerprint density at radius 3 is 1.05 bits per heavy atom. The normalized spacial score (nSPS) is 10.8. The van der Waals surface area contributed by atoms with Gasteiger partial charge in [0.05, 0.1) is 0 Å². The second-order valence-corrected chi connectivity index (χ2v) is 39.4. The Morgan fingerprint density at radius 1 is 0.636 bits per heavy atom. The topological polar surface area (TPSA) is 27.7 Å². The molecule has 0 bridgehead atoms. The maximum absolute atomic E-state index is 5.56. The molecule has 0 saturated carbocycles. The fraction of sp³-hybridized carbons (Fsp3) is 0.750. The van der Waals surface area contributed by atoms with Gasteiger partial charge in [0.25, 0.3) is 0 Å². The van der Waals surface area contributed by atoms with Crippen molar-refractivity contribution in [1.82, 2.24) is 0 Å². The van der Waals surface area contributed by atoms with Crippen LogP contribution in [0.5, 0.6) is 0 Å². The number of rotatable bonds is 6. The Bertz CT molecular complexity index is 332. The number of hydrogen-bond donors (Lipinski definition) is 0. The molecule has 0 spiro atoms. The van der Waals surface area contributed by atoms with Gasteiger partial charge in [-0.25, -0.2) is 0 Å². The van der Waals surface area contributed by atoms with E-state index in [1.54, 1.807) is 24.9 Å². The summed E-state index contributed by atoms with van der Waals surface area (Å²) in [5.74, 6) is 0. The fourth-order valence-corrected chi connectivity index (χ4v) is 46.9. The van der Waals surface area contributed by atoms with Crippen LogP contribution in [0, 0.1) is 0 Å². The SMILES string of the molecule is CC(C)OC(=S)[S][Tl]([S]C(=S)OC(C)C)[S]C(=S)OC(C)C. The monoisotopic (exact) mass is 610 g/mol. The van der Waals surface area contributed by atoms with Crippen molar-refractivity contribution in [2.75, 3.05) is 0 Å². The second-order valence-electron chi connectivity index (χ2n) is 4.89. The maximum atomic E-state index is 5.56. The molecular weight excluding hydrogens is 589 g/mol. The molecule has 0 amide bonds. The number of hydrogen-bond acceptors (Lipinski definition) is 9. The number of ether oxygens (including phenoxy) is 3. The fourth-order valence-electron chi connectivity index (χ4n) is 0.969. The zero-order valence-electron chi connectivity index (χ0n) is 13.5. The van der Waals surface area contributed by atoms with Gasteiger partial charge in [-0.05, 0) is 0 Å². The summed E-state index contributed by atoms with van der Waals surface area (Å²) in [4.78, 5) is 0. The van der Waals surface area contributed by atoms with E-state index in [0.29, 0.717) is 13.1 Å². The van der Waals surface area contributed by atoms with Crippen LogP contribution in [-0.4, -0.2) is 49.7 Å². The summed E-state index contributed by atoms with van der Waals surface area (Å²) < 4.78 is 18.4. The van der Waals surface area contributed by atoms with E-state index in [2.05, 4.69) is 0 Å². The molecule has 0 fully saturated rings. The van der Waals surface area contributed by atoms with Gasteiger partial charge in [-0.2, -0.15) is 0 Å². The molecule has 126 valence electrons. The van der Waals surface area contributed by atoms with E-state index in [4.69, 9.17) is 50.9 Å². The van der Waals surface area contributed by atoms with Gasteiger partial charge < -0.3 is 0 Å². The van der Waals surface area contributed by atoms with Crippen LogP contribution < -0.4 is 0 Å². The molecule has 0 aliphatic heterocycles. The Kier molecular flexibility index (Phi) is 13.9. The molecule has 3 nitrogen and oxygen atoms in total. The van der Waals surface area contributed by atoms with E-state index in [-0.39, 0.29) is 18.3 Å². The molecule has 0 heterocycles. The molecule has 10 heteroatoms. The van der Waals surface area contributed by atoms with Crippen LogP contribution in [0.4, 0.5) is 0 Å². The summed E-state index contributed by atoms with van der Waals surface area (Å²) >= 11 is 13.3. The zero-order valence-corrected chi connectivity index (χ0v) is 22.9. The van der Waals surface area contributed by atoms with Crippen LogP contribution in [0.1, 0.15) is 41.5 Å². The summed E-state index contributed by atoms with van der Waals surface area (Å²) in [5, 5.41) is 0. The van der Waals surface area contributed by atoms with Crippen molar-refractivity contribution in [2.45, 2.75) is 59.9 Å². The first-order valence-corrected chi connectivity index (χ1v) is 27.1. The van der Waals surface area contributed by atoms with Crippen LogP contribution in [0.25, 0.3) is 0 Å². The molecule has 0 saturated heterocycles. The minimum absolute atomic E-state index is 0.0711. The Balaban J connectivity index is 4.64. The van der Waals surface area contributed by atoms with Crippen LogP contribution in [-0.2, 0) is 14.2 Å². The van der Waals surface area contributed by atoms with Gasteiger partial charge in [0, 0.05) is 0 Å². The molecular formula is C12H21O3S6Tl. The third-order valence-electron chi connectivity index (χ3n) is 1.57. The predicted octanol–water partition coefficient (Wildman–Crippen LogP) is 5.30. The minimum atomic E-state index is -2.55. The molecule has 0 aromatic rings. The van der Waals surface area contributed by atoms with E-state index in [1.807, 2.05) is 41.5 Å². The van der Waals surface area contributed by atoms with E-state index in [9.17, 15) is 0 Å². The van der Waals surface area contributed by atoms with Gasteiger partial charge in [0.1, 0.15) is 0 Å². The predicted molar refractivity (Wildman–Crippen MR) is 115 cm³/mol. The molecule has 0 N–H and O–H groups in total.